The number of phenols is 1. The molecule has 1 amide bonds. The van der Waals surface area contributed by atoms with Crippen molar-refractivity contribution < 1.29 is 18.3 Å². The number of phenolic OH excluding ortho intramolecular Hbond substituents is 1. The first kappa shape index (κ1) is 15.5. The van der Waals surface area contributed by atoms with Crippen molar-refractivity contribution in [3.8, 4) is 5.75 Å². The Kier molecular flexibility index (Phi) is 5.78. The van der Waals surface area contributed by atoms with Crippen molar-refractivity contribution in [2.24, 2.45) is 0 Å². The normalized spacial score (nSPS) is 11.2. The molecule has 106 valence electrons. The Labute approximate surface area is 112 Å². The number of hydrogen-bond acceptors (Lipinski definition) is 4. The van der Waals surface area contributed by atoms with Gasteiger partial charge in [-0.1, -0.05) is 13.0 Å². The maximum absolute atomic E-state index is 11.8. The van der Waals surface area contributed by atoms with Crippen LogP contribution in [0.4, 0.5) is 0 Å². The Morgan fingerprint density at radius 3 is 2.68 bits per heavy atom. The summed E-state index contributed by atoms with van der Waals surface area (Å²) in [5.41, 5.74) is 0. The van der Waals surface area contributed by atoms with Crippen molar-refractivity contribution in [1.29, 1.82) is 0 Å². The van der Waals surface area contributed by atoms with Crippen LogP contribution in [0.2, 0.25) is 0 Å². The van der Waals surface area contributed by atoms with Gasteiger partial charge in [-0.05, 0) is 24.6 Å². The lowest BCUT2D eigenvalue weighted by Crippen LogP contribution is -2.31. The zero-order valence-corrected chi connectivity index (χ0v) is 11.5. The van der Waals surface area contributed by atoms with Crippen LogP contribution in [0.1, 0.15) is 19.8 Å². The minimum atomic E-state index is -3.69. The van der Waals surface area contributed by atoms with Crippen molar-refractivity contribution in [3.05, 3.63) is 24.3 Å². The summed E-state index contributed by atoms with van der Waals surface area (Å²) in [7, 11) is -3.69. The van der Waals surface area contributed by atoms with E-state index in [1.165, 1.54) is 18.2 Å². The van der Waals surface area contributed by atoms with E-state index in [9.17, 15) is 18.3 Å². The molecule has 0 fully saturated rings. The van der Waals surface area contributed by atoms with E-state index in [0.717, 1.165) is 12.5 Å². The van der Waals surface area contributed by atoms with Crippen molar-refractivity contribution in [3.63, 3.8) is 0 Å². The minimum absolute atomic E-state index is 0.0214. The minimum Gasteiger partial charge on any atom is -0.508 e. The van der Waals surface area contributed by atoms with Crippen molar-refractivity contribution in [2.75, 3.05) is 13.1 Å². The van der Waals surface area contributed by atoms with Gasteiger partial charge in [0.15, 0.2) is 0 Å². The molecule has 0 unspecified atom stereocenters. The number of nitrogens with one attached hydrogen (secondary N) is 2. The van der Waals surface area contributed by atoms with Crippen molar-refractivity contribution in [1.82, 2.24) is 10.0 Å². The highest BCUT2D eigenvalue weighted by Crippen LogP contribution is 2.15. The summed E-state index contributed by atoms with van der Waals surface area (Å²) in [5, 5.41) is 11.9. The molecule has 0 radical (unpaired) electrons. The summed E-state index contributed by atoms with van der Waals surface area (Å²) >= 11 is 0. The fourth-order valence-corrected chi connectivity index (χ4v) is 2.46. The molecule has 1 aromatic rings. The fraction of sp³-hybridized carbons (Fsp3) is 0.417. The predicted octanol–water partition coefficient (Wildman–Crippen LogP) is 0.587. The van der Waals surface area contributed by atoms with Crippen LogP contribution in [0.5, 0.6) is 5.75 Å². The number of hydrogen-bond donors (Lipinski definition) is 3. The molecule has 0 heterocycles. The lowest BCUT2D eigenvalue weighted by Gasteiger charge is -2.07. The van der Waals surface area contributed by atoms with E-state index in [2.05, 4.69) is 10.0 Å². The molecule has 3 N–H and O–H groups in total. The average Bonchev–Trinajstić information content (AvgIpc) is 2.36. The molecule has 0 atom stereocenters. The van der Waals surface area contributed by atoms with E-state index in [1.54, 1.807) is 0 Å². The molecule has 1 aromatic carbocycles. The van der Waals surface area contributed by atoms with E-state index in [0.29, 0.717) is 6.54 Å². The van der Waals surface area contributed by atoms with E-state index in [1.807, 2.05) is 6.92 Å². The summed E-state index contributed by atoms with van der Waals surface area (Å²) in [6, 6.07) is 5.35. The van der Waals surface area contributed by atoms with Crippen molar-refractivity contribution in [2.45, 2.75) is 24.7 Å². The third-order valence-electron chi connectivity index (χ3n) is 2.34. The molecule has 19 heavy (non-hydrogen) atoms. The second kappa shape index (κ2) is 7.10. The first-order valence-electron chi connectivity index (χ1n) is 6.01. The summed E-state index contributed by atoms with van der Waals surface area (Å²) in [4.78, 5) is 11.3. The topological polar surface area (TPSA) is 95.5 Å². The second-order valence-corrected chi connectivity index (χ2v) is 5.76. The molecule has 0 aliphatic rings. The molecular formula is C12H18N2O4S. The molecule has 0 saturated heterocycles. The largest absolute Gasteiger partial charge is 0.508 e. The summed E-state index contributed by atoms with van der Waals surface area (Å²) < 4.78 is 26.0. The SMILES string of the molecule is CCCNC(=O)CCNS(=O)(=O)c1cccc(O)c1. The molecule has 0 bridgehead atoms. The predicted molar refractivity (Wildman–Crippen MR) is 71.2 cm³/mol. The molecule has 7 heteroatoms. The number of carbonyl (C=O) groups is 1. The standard InChI is InChI=1S/C12H18N2O4S/c1-2-7-13-12(16)6-8-14-19(17,18)11-5-3-4-10(15)9-11/h3-5,9,14-15H,2,6-8H2,1H3,(H,13,16). The zero-order chi connectivity index (χ0) is 14.3. The van der Waals surface area contributed by atoms with Gasteiger partial charge in [0.2, 0.25) is 15.9 Å². The maximum Gasteiger partial charge on any atom is 0.240 e. The molecule has 1 rings (SSSR count). The number of rotatable bonds is 7. The van der Waals surface area contributed by atoms with Gasteiger partial charge in [0, 0.05) is 19.5 Å². The van der Waals surface area contributed by atoms with E-state index >= 15 is 0 Å². The average molecular weight is 286 g/mol. The summed E-state index contributed by atoms with van der Waals surface area (Å²) in [6.07, 6.45) is 0.915. The Morgan fingerprint density at radius 1 is 1.32 bits per heavy atom. The van der Waals surface area contributed by atoms with Gasteiger partial charge < -0.3 is 10.4 Å². The highest BCUT2D eigenvalue weighted by atomic mass is 32.2. The van der Waals surface area contributed by atoms with Gasteiger partial charge in [0.05, 0.1) is 4.90 Å². The Morgan fingerprint density at radius 2 is 2.05 bits per heavy atom. The van der Waals surface area contributed by atoms with Crippen molar-refractivity contribution >= 4 is 15.9 Å². The van der Waals surface area contributed by atoms with Crippen LogP contribution in [0, 0.1) is 0 Å². The highest BCUT2D eigenvalue weighted by molar-refractivity contribution is 7.89. The van der Waals surface area contributed by atoms with Crippen LogP contribution in [0.25, 0.3) is 0 Å². The Bertz CT molecular complexity index is 528. The number of carbonyl (C=O) groups excluding carboxylic acids is 1. The number of amides is 1. The second-order valence-electron chi connectivity index (χ2n) is 4.00. The molecule has 0 aromatic heterocycles. The summed E-state index contributed by atoms with van der Waals surface area (Å²) in [6.45, 7) is 2.54. The quantitative estimate of drug-likeness (QED) is 0.683. The smallest absolute Gasteiger partial charge is 0.240 e. The van der Waals surface area contributed by atoms with Crippen LogP contribution in [0.3, 0.4) is 0 Å². The van der Waals surface area contributed by atoms with Gasteiger partial charge in [-0.3, -0.25) is 4.79 Å². The Balaban J connectivity index is 2.50. The van der Waals surface area contributed by atoms with Gasteiger partial charge in [0.1, 0.15) is 5.75 Å². The Hall–Kier alpha value is -1.60. The zero-order valence-electron chi connectivity index (χ0n) is 10.7. The highest BCUT2D eigenvalue weighted by Gasteiger charge is 2.14. The van der Waals surface area contributed by atoms with Gasteiger partial charge >= 0.3 is 0 Å². The monoisotopic (exact) mass is 286 g/mol. The van der Waals surface area contributed by atoms with E-state index in [-0.39, 0.29) is 29.5 Å². The van der Waals surface area contributed by atoms with Crippen LogP contribution < -0.4 is 10.0 Å². The van der Waals surface area contributed by atoms with E-state index < -0.39 is 10.0 Å². The maximum atomic E-state index is 11.8. The van der Waals surface area contributed by atoms with Gasteiger partial charge in [-0.2, -0.15) is 0 Å². The molecule has 0 saturated carbocycles. The first-order chi connectivity index (χ1) is 8.95. The fourth-order valence-electron chi connectivity index (χ4n) is 1.39. The van der Waals surface area contributed by atoms with Gasteiger partial charge in [0.25, 0.3) is 0 Å². The summed E-state index contributed by atoms with van der Waals surface area (Å²) in [5.74, 6) is -0.316. The van der Waals surface area contributed by atoms with E-state index in [4.69, 9.17) is 0 Å². The van der Waals surface area contributed by atoms with Crippen LogP contribution >= 0.6 is 0 Å². The number of sulfonamides is 1. The molecule has 0 aliphatic carbocycles. The van der Waals surface area contributed by atoms with Crippen LogP contribution in [-0.4, -0.2) is 32.5 Å². The molecule has 6 nitrogen and oxygen atoms in total. The first-order valence-corrected chi connectivity index (χ1v) is 7.49. The lowest BCUT2D eigenvalue weighted by atomic mass is 10.3. The van der Waals surface area contributed by atoms with Gasteiger partial charge in [-0.15, -0.1) is 0 Å². The van der Waals surface area contributed by atoms with Gasteiger partial charge in [-0.25, -0.2) is 13.1 Å². The molecule has 0 spiro atoms. The van der Waals surface area contributed by atoms with Crippen LogP contribution in [0.15, 0.2) is 29.2 Å². The molecular weight excluding hydrogens is 268 g/mol. The third-order valence-corrected chi connectivity index (χ3v) is 3.80. The lowest BCUT2D eigenvalue weighted by molar-refractivity contribution is -0.120. The third kappa shape index (κ3) is 5.27. The molecule has 0 aliphatic heterocycles. The number of benzene rings is 1. The number of aromatic hydroxyl groups is 1. The van der Waals surface area contributed by atoms with Crippen LogP contribution in [-0.2, 0) is 14.8 Å².